The molecule has 2 aliphatic rings. The zero-order valence-corrected chi connectivity index (χ0v) is 13.0. The SMILES string of the molecule is COc1ccc([C@H]2[NH2+]CC[C@]3(O)CCCC[C@@H]23)c(OC)c1. The lowest BCUT2D eigenvalue weighted by Gasteiger charge is -2.46. The lowest BCUT2D eigenvalue weighted by Crippen LogP contribution is -2.91. The molecule has 4 heteroatoms. The number of benzene rings is 1. The van der Waals surface area contributed by atoms with E-state index in [1.54, 1.807) is 14.2 Å². The molecule has 0 spiro atoms. The van der Waals surface area contributed by atoms with E-state index in [1.165, 1.54) is 12.0 Å². The van der Waals surface area contributed by atoms with Gasteiger partial charge >= 0.3 is 0 Å². The minimum absolute atomic E-state index is 0.282. The number of methoxy groups -OCH3 is 2. The van der Waals surface area contributed by atoms with Crippen LogP contribution in [0.4, 0.5) is 0 Å². The molecule has 0 aromatic heterocycles. The van der Waals surface area contributed by atoms with E-state index >= 15 is 0 Å². The second kappa shape index (κ2) is 5.85. The number of hydrogen-bond donors (Lipinski definition) is 2. The fraction of sp³-hybridized carbons (Fsp3) is 0.647. The molecular formula is C17H26NO3+. The Morgan fingerprint density at radius 3 is 2.81 bits per heavy atom. The van der Waals surface area contributed by atoms with Crippen molar-refractivity contribution in [3.8, 4) is 11.5 Å². The first-order valence-corrected chi connectivity index (χ1v) is 7.95. The second-order valence-electron chi connectivity index (χ2n) is 6.36. The van der Waals surface area contributed by atoms with Gasteiger partial charge in [-0.1, -0.05) is 12.8 Å². The predicted octanol–water partition coefficient (Wildman–Crippen LogP) is 1.63. The fourth-order valence-electron chi connectivity index (χ4n) is 4.19. The molecule has 1 heterocycles. The van der Waals surface area contributed by atoms with Crippen LogP contribution >= 0.6 is 0 Å². The Bertz CT molecular complexity index is 501. The molecule has 1 saturated carbocycles. The summed E-state index contributed by atoms with van der Waals surface area (Å²) in [7, 11) is 3.37. The van der Waals surface area contributed by atoms with Gasteiger partial charge in [0.05, 0.1) is 31.9 Å². The van der Waals surface area contributed by atoms with E-state index in [1.807, 2.05) is 12.1 Å². The normalized spacial score (nSPS) is 32.3. The summed E-state index contributed by atoms with van der Waals surface area (Å²) < 4.78 is 10.9. The molecule has 2 fully saturated rings. The first-order chi connectivity index (χ1) is 10.2. The van der Waals surface area contributed by atoms with Gasteiger partial charge in [0.15, 0.2) is 0 Å². The van der Waals surface area contributed by atoms with Crippen LogP contribution in [0.5, 0.6) is 11.5 Å². The van der Waals surface area contributed by atoms with Gasteiger partial charge < -0.3 is 19.9 Å². The zero-order chi connectivity index (χ0) is 14.9. The first kappa shape index (κ1) is 14.7. The van der Waals surface area contributed by atoms with Crippen molar-refractivity contribution >= 4 is 0 Å². The van der Waals surface area contributed by atoms with Gasteiger partial charge in [-0.25, -0.2) is 0 Å². The van der Waals surface area contributed by atoms with Crippen molar-refractivity contribution in [2.45, 2.75) is 43.7 Å². The predicted molar refractivity (Wildman–Crippen MR) is 80.6 cm³/mol. The van der Waals surface area contributed by atoms with Gasteiger partial charge in [0.2, 0.25) is 0 Å². The summed E-state index contributed by atoms with van der Waals surface area (Å²) in [6.45, 7) is 0.979. The Morgan fingerprint density at radius 1 is 1.19 bits per heavy atom. The van der Waals surface area contributed by atoms with Gasteiger partial charge in [0, 0.05) is 18.4 Å². The number of aliphatic hydroxyl groups is 1. The van der Waals surface area contributed by atoms with Crippen molar-refractivity contribution in [1.29, 1.82) is 0 Å². The van der Waals surface area contributed by atoms with Gasteiger partial charge in [-0.15, -0.1) is 0 Å². The average Bonchev–Trinajstić information content (AvgIpc) is 2.53. The largest absolute Gasteiger partial charge is 0.497 e. The van der Waals surface area contributed by atoms with Gasteiger partial charge in [-0.2, -0.15) is 0 Å². The summed E-state index contributed by atoms with van der Waals surface area (Å²) in [5.41, 5.74) is 0.700. The van der Waals surface area contributed by atoms with E-state index in [4.69, 9.17) is 9.47 Å². The van der Waals surface area contributed by atoms with Crippen molar-refractivity contribution in [3.05, 3.63) is 23.8 Å². The average molecular weight is 292 g/mol. The van der Waals surface area contributed by atoms with Gasteiger partial charge in [0.1, 0.15) is 17.5 Å². The first-order valence-electron chi connectivity index (χ1n) is 7.95. The van der Waals surface area contributed by atoms with Gasteiger partial charge in [-0.3, -0.25) is 0 Å². The van der Waals surface area contributed by atoms with E-state index in [0.29, 0.717) is 5.92 Å². The Kier molecular flexibility index (Phi) is 4.09. The maximum atomic E-state index is 11.0. The molecule has 0 radical (unpaired) electrons. The summed E-state index contributed by atoms with van der Waals surface area (Å²) in [5.74, 6) is 2.00. The molecule has 0 amide bonds. The molecule has 116 valence electrons. The lowest BCUT2D eigenvalue weighted by atomic mass is 9.66. The smallest absolute Gasteiger partial charge is 0.131 e. The minimum atomic E-state index is -0.484. The van der Waals surface area contributed by atoms with E-state index in [2.05, 4.69) is 11.4 Å². The molecule has 1 aliphatic heterocycles. The fourth-order valence-corrected chi connectivity index (χ4v) is 4.19. The van der Waals surface area contributed by atoms with E-state index in [-0.39, 0.29) is 6.04 Å². The molecular weight excluding hydrogens is 266 g/mol. The maximum Gasteiger partial charge on any atom is 0.131 e. The Hall–Kier alpha value is -1.26. The highest BCUT2D eigenvalue weighted by Gasteiger charge is 2.49. The van der Waals surface area contributed by atoms with Crippen molar-refractivity contribution in [3.63, 3.8) is 0 Å². The third-order valence-electron chi connectivity index (χ3n) is 5.30. The monoisotopic (exact) mass is 292 g/mol. The highest BCUT2D eigenvalue weighted by atomic mass is 16.5. The van der Waals surface area contributed by atoms with E-state index in [0.717, 1.165) is 43.7 Å². The number of hydrogen-bond acceptors (Lipinski definition) is 3. The van der Waals surface area contributed by atoms with E-state index < -0.39 is 5.60 Å². The van der Waals surface area contributed by atoms with Crippen LogP contribution in [0.1, 0.15) is 43.7 Å². The summed E-state index contributed by atoms with van der Waals surface area (Å²) in [6.07, 6.45) is 5.33. The minimum Gasteiger partial charge on any atom is -0.497 e. The molecule has 4 nitrogen and oxygen atoms in total. The highest BCUT2D eigenvalue weighted by molar-refractivity contribution is 5.42. The van der Waals surface area contributed by atoms with Crippen LogP contribution in [-0.2, 0) is 0 Å². The van der Waals surface area contributed by atoms with Crippen molar-refractivity contribution in [2.75, 3.05) is 20.8 Å². The third kappa shape index (κ3) is 2.62. The Balaban J connectivity index is 1.95. The number of piperidine rings is 1. The molecule has 0 bridgehead atoms. The van der Waals surface area contributed by atoms with Crippen LogP contribution in [0, 0.1) is 5.92 Å². The lowest BCUT2D eigenvalue weighted by molar-refractivity contribution is -0.719. The zero-order valence-electron chi connectivity index (χ0n) is 13.0. The highest BCUT2D eigenvalue weighted by Crippen LogP contribution is 2.45. The molecule has 3 rings (SSSR count). The summed E-state index contributed by atoms with van der Waals surface area (Å²) in [6, 6.07) is 6.31. The van der Waals surface area contributed by atoms with Crippen molar-refractivity contribution in [2.24, 2.45) is 5.92 Å². The molecule has 21 heavy (non-hydrogen) atoms. The van der Waals surface area contributed by atoms with Crippen LogP contribution in [-0.4, -0.2) is 31.5 Å². The molecule has 0 unspecified atom stereocenters. The number of rotatable bonds is 3. The third-order valence-corrected chi connectivity index (χ3v) is 5.30. The number of nitrogens with two attached hydrogens (primary N) is 1. The Labute approximate surface area is 126 Å². The molecule has 1 aromatic carbocycles. The molecule has 1 aliphatic carbocycles. The molecule has 1 aromatic rings. The van der Waals surface area contributed by atoms with Crippen LogP contribution in [0.15, 0.2) is 18.2 Å². The number of ether oxygens (including phenoxy) is 2. The maximum absolute atomic E-state index is 11.0. The topological polar surface area (TPSA) is 55.3 Å². The Morgan fingerprint density at radius 2 is 2.05 bits per heavy atom. The quantitative estimate of drug-likeness (QED) is 0.890. The number of quaternary nitrogens is 1. The van der Waals surface area contributed by atoms with Gasteiger partial charge in [-0.05, 0) is 25.0 Å². The standard InChI is InChI=1S/C17H25NO3/c1-20-12-6-7-13(15(11-12)21-2)16-14-5-3-4-8-17(14,19)9-10-18-16/h6-7,11,14,16,18-19H,3-5,8-10H2,1-2H3/p+1/t14-,16+,17+/m0/s1. The second-order valence-corrected chi connectivity index (χ2v) is 6.36. The van der Waals surface area contributed by atoms with Crippen LogP contribution in [0.25, 0.3) is 0 Å². The molecule has 3 N–H and O–H groups in total. The summed E-state index contributed by atoms with van der Waals surface area (Å²) in [5, 5.41) is 13.4. The van der Waals surface area contributed by atoms with Crippen LogP contribution in [0.2, 0.25) is 0 Å². The van der Waals surface area contributed by atoms with Crippen LogP contribution < -0.4 is 14.8 Å². The van der Waals surface area contributed by atoms with Crippen molar-refractivity contribution in [1.82, 2.24) is 0 Å². The van der Waals surface area contributed by atoms with Crippen LogP contribution in [0.3, 0.4) is 0 Å². The van der Waals surface area contributed by atoms with Crippen molar-refractivity contribution < 1.29 is 19.9 Å². The summed E-state index contributed by atoms with van der Waals surface area (Å²) in [4.78, 5) is 0. The number of fused-ring (bicyclic) bond motifs is 1. The summed E-state index contributed by atoms with van der Waals surface area (Å²) >= 11 is 0. The van der Waals surface area contributed by atoms with E-state index in [9.17, 15) is 5.11 Å². The molecule has 3 atom stereocenters. The van der Waals surface area contributed by atoms with Gasteiger partial charge in [0.25, 0.3) is 0 Å². The molecule has 1 saturated heterocycles.